The predicted molar refractivity (Wildman–Crippen MR) is 84.6 cm³/mol. The van der Waals surface area contributed by atoms with Gasteiger partial charge in [-0.05, 0) is 28.8 Å². The van der Waals surface area contributed by atoms with Crippen molar-refractivity contribution in [1.29, 1.82) is 5.26 Å². The Kier molecular flexibility index (Phi) is 4.10. The molecular formula is C18H18N2O2. The molecule has 2 aromatic rings. The van der Waals surface area contributed by atoms with Gasteiger partial charge in [-0.25, -0.2) is 0 Å². The van der Waals surface area contributed by atoms with Gasteiger partial charge in [-0.15, -0.1) is 0 Å². The molecule has 4 nitrogen and oxygen atoms in total. The molecule has 0 aliphatic carbocycles. The molecule has 1 fully saturated rings. The molecule has 1 heterocycles. The van der Waals surface area contributed by atoms with Crippen LogP contribution in [0.25, 0.3) is 11.1 Å². The minimum absolute atomic E-state index is 0.0349. The molecule has 1 aliphatic rings. The second kappa shape index (κ2) is 6.18. The molecule has 0 bridgehead atoms. The van der Waals surface area contributed by atoms with Crippen molar-refractivity contribution in [2.24, 2.45) is 0 Å². The first-order chi connectivity index (χ1) is 10.8. The number of hydrogen-bond acceptors (Lipinski definition) is 4. The summed E-state index contributed by atoms with van der Waals surface area (Å²) in [6.07, 6.45) is 0. The molecule has 0 unspecified atom stereocenters. The van der Waals surface area contributed by atoms with Gasteiger partial charge in [0.2, 0.25) is 0 Å². The fourth-order valence-electron chi connectivity index (χ4n) is 2.96. The monoisotopic (exact) mass is 294 g/mol. The maximum Gasteiger partial charge on any atom is 0.119 e. The SMILES string of the molecule is COc1cccc(-c2ccc([C@H]3[C@H](C#N)N[C@H]3CO)cc2)c1. The van der Waals surface area contributed by atoms with Crippen LogP contribution in [0.2, 0.25) is 0 Å². The Bertz CT molecular complexity index is 691. The second-order valence-corrected chi connectivity index (χ2v) is 5.44. The van der Waals surface area contributed by atoms with Crippen molar-refractivity contribution in [3.63, 3.8) is 0 Å². The van der Waals surface area contributed by atoms with Crippen LogP contribution in [0.4, 0.5) is 0 Å². The summed E-state index contributed by atoms with van der Waals surface area (Å²) in [6, 6.07) is 18.1. The molecule has 2 N–H and O–H groups in total. The van der Waals surface area contributed by atoms with E-state index in [9.17, 15) is 5.11 Å². The Labute approximate surface area is 130 Å². The Balaban J connectivity index is 1.85. The van der Waals surface area contributed by atoms with Gasteiger partial charge >= 0.3 is 0 Å². The molecule has 22 heavy (non-hydrogen) atoms. The van der Waals surface area contributed by atoms with E-state index in [1.807, 2.05) is 48.5 Å². The highest BCUT2D eigenvalue weighted by Gasteiger charge is 2.41. The lowest BCUT2D eigenvalue weighted by Gasteiger charge is -2.41. The minimum atomic E-state index is -0.222. The van der Waals surface area contributed by atoms with Crippen LogP contribution in [0.3, 0.4) is 0 Å². The normalized spacial score (nSPS) is 23.4. The molecule has 0 aromatic heterocycles. The number of nitrogens with one attached hydrogen (secondary N) is 1. The van der Waals surface area contributed by atoms with Crippen LogP contribution in [0, 0.1) is 11.3 Å². The third kappa shape index (κ3) is 2.57. The van der Waals surface area contributed by atoms with E-state index in [0.717, 1.165) is 22.4 Å². The van der Waals surface area contributed by atoms with Gasteiger partial charge in [0.15, 0.2) is 0 Å². The molecule has 1 aliphatic heterocycles. The molecule has 3 atom stereocenters. The quantitative estimate of drug-likeness (QED) is 0.908. The van der Waals surface area contributed by atoms with Crippen LogP contribution < -0.4 is 10.1 Å². The maximum atomic E-state index is 9.34. The average molecular weight is 294 g/mol. The number of methoxy groups -OCH3 is 1. The van der Waals surface area contributed by atoms with Gasteiger partial charge < -0.3 is 9.84 Å². The van der Waals surface area contributed by atoms with E-state index in [2.05, 4.69) is 11.4 Å². The summed E-state index contributed by atoms with van der Waals surface area (Å²) in [5.41, 5.74) is 3.27. The van der Waals surface area contributed by atoms with Gasteiger partial charge in [0, 0.05) is 12.0 Å². The van der Waals surface area contributed by atoms with Gasteiger partial charge in [-0.1, -0.05) is 36.4 Å². The van der Waals surface area contributed by atoms with E-state index >= 15 is 0 Å². The van der Waals surface area contributed by atoms with Crippen LogP contribution in [-0.2, 0) is 0 Å². The summed E-state index contributed by atoms with van der Waals surface area (Å²) in [7, 11) is 1.66. The van der Waals surface area contributed by atoms with Crippen molar-refractivity contribution in [2.75, 3.05) is 13.7 Å². The number of aliphatic hydroxyl groups is 1. The van der Waals surface area contributed by atoms with Crippen LogP contribution in [0.15, 0.2) is 48.5 Å². The molecule has 0 spiro atoms. The Morgan fingerprint density at radius 1 is 1.18 bits per heavy atom. The third-order valence-electron chi connectivity index (χ3n) is 4.22. The molecule has 0 amide bonds. The zero-order valence-corrected chi connectivity index (χ0v) is 12.4. The molecule has 0 saturated carbocycles. The number of hydrogen-bond donors (Lipinski definition) is 2. The zero-order valence-electron chi connectivity index (χ0n) is 12.4. The number of nitriles is 1. The zero-order chi connectivity index (χ0) is 15.5. The predicted octanol–water partition coefficient (Wildman–Crippen LogP) is 2.30. The van der Waals surface area contributed by atoms with Crippen molar-refractivity contribution >= 4 is 0 Å². The van der Waals surface area contributed by atoms with Gasteiger partial charge in [0.25, 0.3) is 0 Å². The van der Waals surface area contributed by atoms with Crippen LogP contribution in [0.5, 0.6) is 5.75 Å². The van der Waals surface area contributed by atoms with Crippen molar-refractivity contribution in [1.82, 2.24) is 5.32 Å². The molecule has 0 radical (unpaired) electrons. The molecular weight excluding hydrogens is 276 g/mol. The summed E-state index contributed by atoms with van der Waals surface area (Å²) in [5.74, 6) is 0.879. The van der Waals surface area contributed by atoms with Crippen LogP contribution in [-0.4, -0.2) is 30.9 Å². The summed E-state index contributed by atoms with van der Waals surface area (Å²) in [4.78, 5) is 0. The maximum absolute atomic E-state index is 9.34. The lowest BCUT2D eigenvalue weighted by atomic mass is 9.78. The summed E-state index contributed by atoms with van der Waals surface area (Å²) < 4.78 is 5.25. The topological polar surface area (TPSA) is 65.3 Å². The standard InChI is InChI=1S/C18H18N2O2/c1-22-15-4-2-3-14(9-15)12-5-7-13(8-6-12)18-16(10-19)20-17(18)11-21/h2-9,16-18,20-21H,11H2,1H3/t16-,17-,18-/m0/s1. The number of aliphatic hydroxyl groups excluding tert-OH is 1. The number of benzene rings is 2. The van der Waals surface area contributed by atoms with Crippen molar-refractivity contribution in [3.05, 3.63) is 54.1 Å². The lowest BCUT2D eigenvalue weighted by molar-refractivity contribution is 0.151. The third-order valence-corrected chi connectivity index (χ3v) is 4.22. The van der Waals surface area contributed by atoms with E-state index in [4.69, 9.17) is 10.00 Å². The first-order valence-electron chi connectivity index (χ1n) is 7.27. The Hall–Kier alpha value is -2.35. The number of nitrogens with zero attached hydrogens (tertiary/aromatic N) is 1. The highest BCUT2D eigenvalue weighted by Crippen LogP contribution is 2.33. The largest absolute Gasteiger partial charge is 0.497 e. The summed E-state index contributed by atoms with van der Waals surface area (Å²) in [5, 5.41) is 21.5. The minimum Gasteiger partial charge on any atom is -0.497 e. The first kappa shape index (κ1) is 14.6. The van der Waals surface area contributed by atoms with E-state index < -0.39 is 0 Å². The van der Waals surface area contributed by atoms with Gasteiger partial charge in [-0.2, -0.15) is 5.26 Å². The molecule has 4 heteroatoms. The number of rotatable bonds is 4. The van der Waals surface area contributed by atoms with E-state index in [1.54, 1.807) is 7.11 Å². The first-order valence-corrected chi connectivity index (χ1v) is 7.27. The van der Waals surface area contributed by atoms with E-state index in [1.165, 1.54) is 0 Å². The Morgan fingerprint density at radius 3 is 2.59 bits per heavy atom. The molecule has 2 aromatic carbocycles. The lowest BCUT2D eigenvalue weighted by Crippen LogP contribution is -2.60. The van der Waals surface area contributed by atoms with Crippen LogP contribution >= 0.6 is 0 Å². The average Bonchev–Trinajstić information content (AvgIpc) is 2.55. The fourth-order valence-corrected chi connectivity index (χ4v) is 2.96. The van der Waals surface area contributed by atoms with Crippen molar-refractivity contribution in [3.8, 4) is 22.9 Å². The molecule has 112 valence electrons. The molecule has 3 rings (SSSR count). The van der Waals surface area contributed by atoms with E-state index in [0.29, 0.717) is 0 Å². The molecule has 1 saturated heterocycles. The van der Waals surface area contributed by atoms with Crippen LogP contribution in [0.1, 0.15) is 11.5 Å². The van der Waals surface area contributed by atoms with Gasteiger partial charge in [0.1, 0.15) is 11.8 Å². The summed E-state index contributed by atoms with van der Waals surface area (Å²) >= 11 is 0. The van der Waals surface area contributed by atoms with Gasteiger partial charge in [0.05, 0.1) is 19.8 Å². The van der Waals surface area contributed by atoms with E-state index in [-0.39, 0.29) is 24.6 Å². The highest BCUT2D eigenvalue weighted by atomic mass is 16.5. The van der Waals surface area contributed by atoms with Crippen molar-refractivity contribution in [2.45, 2.75) is 18.0 Å². The highest BCUT2D eigenvalue weighted by molar-refractivity contribution is 5.65. The number of ether oxygens (including phenoxy) is 1. The van der Waals surface area contributed by atoms with Gasteiger partial charge in [-0.3, -0.25) is 5.32 Å². The Morgan fingerprint density at radius 2 is 1.95 bits per heavy atom. The fraction of sp³-hybridized carbons (Fsp3) is 0.278. The second-order valence-electron chi connectivity index (χ2n) is 5.44. The van der Waals surface area contributed by atoms with Crippen molar-refractivity contribution < 1.29 is 9.84 Å². The summed E-state index contributed by atoms with van der Waals surface area (Å²) in [6.45, 7) is 0.0421. The smallest absolute Gasteiger partial charge is 0.119 e.